The Balaban J connectivity index is 1.63. The number of hydrogen-bond donors (Lipinski definition) is 2. The molecule has 0 spiro atoms. The van der Waals surface area contributed by atoms with Crippen LogP contribution in [0.3, 0.4) is 0 Å². The number of carbonyl (C=O) groups is 2. The molecule has 7 atom stereocenters. The molecule has 2 N–H and O–H groups in total. The van der Waals surface area contributed by atoms with Gasteiger partial charge in [-0.1, -0.05) is 50.1 Å². The number of carboxylic acid groups (broad SMARTS) is 1. The normalized spacial score (nSPS) is 39.6. The monoisotopic (exact) mass is 484 g/mol. The summed E-state index contributed by atoms with van der Waals surface area (Å²) in [5.74, 6) is 0.167. The van der Waals surface area contributed by atoms with Gasteiger partial charge >= 0.3 is 11.9 Å². The fourth-order valence-electron chi connectivity index (χ4n) is 8.23. The molecule has 0 aromatic carbocycles. The Morgan fingerprint density at radius 3 is 2.57 bits per heavy atom. The van der Waals surface area contributed by atoms with E-state index in [1.54, 1.807) is 0 Å². The lowest BCUT2D eigenvalue weighted by atomic mass is 9.51. The zero-order valence-electron chi connectivity index (χ0n) is 22.4. The Kier molecular flexibility index (Phi) is 6.89. The van der Waals surface area contributed by atoms with Gasteiger partial charge < -0.3 is 14.9 Å². The van der Waals surface area contributed by atoms with E-state index in [0.29, 0.717) is 23.3 Å². The van der Waals surface area contributed by atoms with Crippen LogP contribution < -0.4 is 0 Å². The van der Waals surface area contributed by atoms with E-state index < -0.39 is 11.6 Å². The summed E-state index contributed by atoms with van der Waals surface area (Å²) in [6.07, 6.45) is 13.0. The quantitative estimate of drug-likeness (QED) is 0.357. The number of aliphatic carboxylic acids is 1. The van der Waals surface area contributed by atoms with Crippen molar-refractivity contribution in [3.63, 3.8) is 0 Å². The summed E-state index contributed by atoms with van der Waals surface area (Å²) < 4.78 is 5.86. The number of carbonyl (C=O) groups excluding carboxylic acids is 1. The summed E-state index contributed by atoms with van der Waals surface area (Å²) in [7, 11) is 0. The molecule has 194 valence electrons. The van der Waals surface area contributed by atoms with Gasteiger partial charge in [0.15, 0.2) is 0 Å². The highest BCUT2D eigenvalue weighted by Crippen LogP contribution is 2.69. The van der Waals surface area contributed by atoms with E-state index in [0.717, 1.165) is 50.5 Å². The lowest BCUT2D eigenvalue weighted by molar-refractivity contribution is -0.151. The van der Waals surface area contributed by atoms with Crippen molar-refractivity contribution in [3.05, 3.63) is 34.9 Å². The second-order valence-corrected chi connectivity index (χ2v) is 12.8. The van der Waals surface area contributed by atoms with E-state index in [1.165, 1.54) is 5.57 Å². The smallest absolute Gasteiger partial charge is 0.333 e. The first kappa shape index (κ1) is 26.2. The fourth-order valence-corrected chi connectivity index (χ4v) is 8.23. The number of allylic oxidation sites excluding steroid dienone is 2. The number of cyclic esters (lactones) is 1. The Morgan fingerprint density at radius 2 is 1.94 bits per heavy atom. The van der Waals surface area contributed by atoms with E-state index in [4.69, 9.17) is 4.74 Å². The Labute approximate surface area is 210 Å². The number of fused-ring (bicyclic) bond motifs is 3. The number of ether oxygens (including phenoxy) is 1. The molecule has 0 aromatic heterocycles. The minimum Gasteiger partial charge on any atom is -0.481 e. The van der Waals surface area contributed by atoms with Crippen molar-refractivity contribution in [3.8, 4) is 0 Å². The van der Waals surface area contributed by atoms with Gasteiger partial charge in [0.1, 0.15) is 6.10 Å². The highest BCUT2D eigenvalue weighted by molar-refractivity contribution is 5.88. The highest BCUT2D eigenvalue weighted by Gasteiger charge is 2.61. The molecule has 0 amide bonds. The maximum Gasteiger partial charge on any atom is 0.333 e. The largest absolute Gasteiger partial charge is 0.481 e. The molecule has 1 heterocycles. The second kappa shape index (κ2) is 9.21. The van der Waals surface area contributed by atoms with Gasteiger partial charge in [-0.05, 0) is 87.9 Å². The van der Waals surface area contributed by atoms with Crippen LogP contribution in [0.4, 0.5) is 0 Å². The summed E-state index contributed by atoms with van der Waals surface area (Å²) in [6.45, 7) is 12.8. The number of esters is 1. The van der Waals surface area contributed by atoms with Crippen LogP contribution in [0.2, 0.25) is 0 Å². The van der Waals surface area contributed by atoms with Gasteiger partial charge in [-0.3, -0.25) is 4.79 Å². The van der Waals surface area contributed by atoms with Gasteiger partial charge in [0.25, 0.3) is 0 Å². The van der Waals surface area contributed by atoms with Crippen LogP contribution in [0.15, 0.2) is 34.9 Å². The van der Waals surface area contributed by atoms with Gasteiger partial charge in [-0.15, -0.1) is 0 Å². The molecule has 2 saturated carbocycles. The third kappa shape index (κ3) is 4.54. The van der Waals surface area contributed by atoms with E-state index in [9.17, 15) is 19.8 Å². The lowest BCUT2D eigenvalue weighted by Gasteiger charge is -2.54. The summed E-state index contributed by atoms with van der Waals surface area (Å²) in [4.78, 5) is 23.6. The van der Waals surface area contributed by atoms with Gasteiger partial charge in [0.2, 0.25) is 0 Å². The third-order valence-electron chi connectivity index (χ3n) is 10.6. The zero-order valence-corrected chi connectivity index (χ0v) is 22.4. The van der Waals surface area contributed by atoms with Gasteiger partial charge in [-0.2, -0.15) is 0 Å². The van der Waals surface area contributed by atoms with Crippen molar-refractivity contribution in [1.29, 1.82) is 0 Å². The van der Waals surface area contributed by atoms with Crippen LogP contribution in [-0.2, 0) is 14.3 Å². The van der Waals surface area contributed by atoms with E-state index in [1.807, 2.05) is 32.9 Å². The van der Waals surface area contributed by atoms with E-state index in [2.05, 4.69) is 26.8 Å². The first-order valence-electron chi connectivity index (χ1n) is 13.5. The van der Waals surface area contributed by atoms with Gasteiger partial charge in [0, 0.05) is 17.9 Å². The first-order valence-corrected chi connectivity index (χ1v) is 13.5. The number of hydrogen-bond acceptors (Lipinski definition) is 4. The van der Waals surface area contributed by atoms with Crippen molar-refractivity contribution in [2.75, 3.05) is 0 Å². The van der Waals surface area contributed by atoms with Crippen LogP contribution in [0, 0.1) is 34.5 Å². The number of rotatable bonds is 5. The first-order chi connectivity index (χ1) is 16.3. The molecule has 0 unspecified atom stereocenters. The van der Waals surface area contributed by atoms with Gasteiger partial charge in [-0.25, -0.2) is 4.79 Å². The molecule has 5 nitrogen and oxygen atoms in total. The molecule has 0 aromatic rings. The van der Waals surface area contributed by atoms with E-state index in [-0.39, 0.29) is 35.2 Å². The van der Waals surface area contributed by atoms with Crippen molar-refractivity contribution in [2.24, 2.45) is 34.5 Å². The SMILES string of the molecule is CC1=CC[C@@H]([C@@H](C)[C@H]2CC[C@@]3(C)[C@@H]4CC[C@@H](C(C)(C)O)/C(=C\CC(=O)O)CC4=CC[C@]23C)OC1=O. The predicted molar refractivity (Wildman–Crippen MR) is 137 cm³/mol. The molecule has 35 heavy (non-hydrogen) atoms. The summed E-state index contributed by atoms with van der Waals surface area (Å²) in [5.41, 5.74) is 2.60. The average Bonchev–Trinajstić information content (AvgIpc) is 2.92. The standard InChI is InChI=1S/C30H44O5/c1-18-7-11-25(35-27(18)33)19(2)22-14-16-30(6)24-10-9-23(28(3,4)34)20(8-12-26(31)32)17-21(24)13-15-29(22,30)5/h7-8,13,19,22-25,34H,9-12,14-17H2,1-6H3,(H,31,32)/b20-8-/t19-,22+,23+,24+,25-,29+,30-/m0/s1. The Hall–Kier alpha value is -1.88. The molecule has 3 aliphatic carbocycles. The molecule has 2 fully saturated rings. The summed E-state index contributed by atoms with van der Waals surface area (Å²) >= 11 is 0. The van der Waals surface area contributed by atoms with Gasteiger partial charge in [0.05, 0.1) is 12.0 Å². The van der Waals surface area contributed by atoms with Crippen molar-refractivity contribution in [2.45, 2.75) is 105 Å². The molecule has 4 aliphatic rings. The number of carboxylic acids is 1. The topological polar surface area (TPSA) is 83.8 Å². The Morgan fingerprint density at radius 1 is 1.23 bits per heavy atom. The Bertz CT molecular complexity index is 966. The maximum atomic E-state index is 12.3. The zero-order chi connectivity index (χ0) is 25.8. The average molecular weight is 485 g/mol. The van der Waals surface area contributed by atoms with Crippen molar-refractivity contribution < 1.29 is 24.5 Å². The predicted octanol–water partition coefficient (Wildman–Crippen LogP) is 6.23. The fraction of sp³-hybridized carbons (Fsp3) is 0.733. The second-order valence-electron chi connectivity index (χ2n) is 12.8. The lowest BCUT2D eigenvalue weighted by Crippen LogP contribution is -2.48. The van der Waals surface area contributed by atoms with Crippen LogP contribution >= 0.6 is 0 Å². The molecule has 0 bridgehead atoms. The molecule has 0 saturated heterocycles. The highest BCUT2D eigenvalue weighted by atomic mass is 16.5. The minimum atomic E-state index is -0.883. The number of aliphatic hydroxyl groups is 1. The van der Waals surface area contributed by atoms with E-state index >= 15 is 0 Å². The molecule has 4 rings (SSSR count). The summed E-state index contributed by atoms with van der Waals surface area (Å²) in [5, 5.41) is 20.3. The maximum absolute atomic E-state index is 12.3. The molecular formula is C30H44O5. The summed E-state index contributed by atoms with van der Waals surface area (Å²) in [6, 6.07) is 0. The van der Waals surface area contributed by atoms with Crippen LogP contribution in [0.1, 0.15) is 92.9 Å². The molecule has 0 radical (unpaired) electrons. The molecular weight excluding hydrogens is 440 g/mol. The molecule has 1 aliphatic heterocycles. The van der Waals surface area contributed by atoms with Crippen molar-refractivity contribution in [1.82, 2.24) is 0 Å². The van der Waals surface area contributed by atoms with Crippen LogP contribution in [0.25, 0.3) is 0 Å². The minimum absolute atomic E-state index is 0.00244. The van der Waals surface area contributed by atoms with Crippen LogP contribution in [0.5, 0.6) is 0 Å². The molecule has 5 heteroatoms. The van der Waals surface area contributed by atoms with Crippen molar-refractivity contribution >= 4 is 11.9 Å². The third-order valence-corrected chi connectivity index (χ3v) is 10.6. The van der Waals surface area contributed by atoms with Crippen LogP contribution in [-0.4, -0.2) is 33.9 Å².